The van der Waals surface area contributed by atoms with Gasteiger partial charge >= 0.3 is 11.9 Å². The molecule has 0 saturated carbocycles. The Kier molecular flexibility index (Phi) is 6.85. The van der Waals surface area contributed by atoms with Gasteiger partial charge in [-0.2, -0.15) is 0 Å². The van der Waals surface area contributed by atoms with E-state index in [4.69, 9.17) is 9.47 Å². The number of fused-ring (bicyclic) bond motifs is 3. The number of carbonyl (C=O) groups is 2. The molecule has 0 spiro atoms. The highest BCUT2D eigenvalue weighted by molar-refractivity contribution is 5.87. The molecule has 1 aliphatic rings. The van der Waals surface area contributed by atoms with Gasteiger partial charge < -0.3 is 19.4 Å². The molecule has 1 aliphatic carbocycles. The van der Waals surface area contributed by atoms with Crippen LogP contribution in [-0.4, -0.2) is 35.7 Å². The fraction of sp³-hybridized carbons (Fsp3) is 0.360. The molecule has 7 heteroatoms. The summed E-state index contributed by atoms with van der Waals surface area (Å²) >= 11 is 0. The van der Waals surface area contributed by atoms with Crippen LogP contribution in [0.3, 0.4) is 0 Å². The summed E-state index contributed by atoms with van der Waals surface area (Å²) in [6, 6.07) is 14.3. The molecule has 0 unspecified atom stereocenters. The molecule has 6 nitrogen and oxygen atoms in total. The lowest BCUT2D eigenvalue weighted by Gasteiger charge is -2.24. The fourth-order valence-corrected chi connectivity index (χ4v) is 4.33. The third-order valence-electron chi connectivity index (χ3n) is 5.80. The van der Waals surface area contributed by atoms with Crippen molar-refractivity contribution in [3.8, 4) is 0 Å². The molecule has 3 aromatic rings. The average Bonchev–Trinajstić information content (AvgIpc) is 3.09. The molecule has 168 valence electrons. The highest BCUT2D eigenvalue weighted by Crippen LogP contribution is 2.33. The molecule has 1 aromatic heterocycles. The number of hydrogen-bond acceptors (Lipinski definition) is 5. The summed E-state index contributed by atoms with van der Waals surface area (Å²) in [5.41, 5.74) is 3.82. The molecule has 0 bridgehead atoms. The smallest absolute Gasteiger partial charge is 0.325 e. The molecule has 0 saturated heterocycles. The maximum Gasteiger partial charge on any atom is 0.325 e. The van der Waals surface area contributed by atoms with Crippen molar-refractivity contribution in [2.24, 2.45) is 0 Å². The zero-order chi connectivity index (χ0) is 22.5. The summed E-state index contributed by atoms with van der Waals surface area (Å²) in [6.45, 7) is 2.56. The molecule has 2 aromatic carbocycles. The summed E-state index contributed by atoms with van der Waals surface area (Å²) in [7, 11) is 0. The number of rotatable bonds is 8. The normalized spacial score (nSPS) is 15.4. The van der Waals surface area contributed by atoms with Crippen molar-refractivity contribution in [2.45, 2.75) is 45.4 Å². The quantitative estimate of drug-likeness (QED) is 0.545. The molecular weight excluding hydrogens is 411 g/mol. The number of aromatic nitrogens is 1. The second-order valence-corrected chi connectivity index (χ2v) is 7.94. The van der Waals surface area contributed by atoms with Crippen LogP contribution in [-0.2, 0) is 45.1 Å². The van der Waals surface area contributed by atoms with Gasteiger partial charge in [-0.25, -0.2) is 4.39 Å². The molecule has 1 atom stereocenters. The van der Waals surface area contributed by atoms with Gasteiger partial charge in [-0.15, -0.1) is 0 Å². The summed E-state index contributed by atoms with van der Waals surface area (Å²) < 4.78 is 26.4. The molecule has 4 rings (SSSR count). The molecular formula is C25H27FN2O4. The standard InChI is InChI=1S/C25H27FN2O4/c1-2-31-25(30)15-28-22-10-8-18(26)12-20(22)21-13-19(9-11-23(21)28)27-14-24(29)32-16-17-6-4-3-5-7-17/h3-8,10,12,19,27H,2,9,11,13-16H2,1H3/t19-/m0/s1. The highest BCUT2D eigenvalue weighted by Gasteiger charge is 2.27. The average molecular weight is 438 g/mol. The zero-order valence-electron chi connectivity index (χ0n) is 18.1. The van der Waals surface area contributed by atoms with Gasteiger partial charge in [0.2, 0.25) is 0 Å². The Labute approximate surface area is 186 Å². The summed E-state index contributed by atoms with van der Waals surface area (Å²) in [5.74, 6) is -0.929. The van der Waals surface area contributed by atoms with Crippen molar-refractivity contribution >= 4 is 22.8 Å². The van der Waals surface area contributed by atoms with E-state index in [2.05, 4.69) is 5.32 Å². The lowest BCUT2D eigenvalue weighted by molar-refractivity contribution is -0.144. The molecule has 0 radical (unpaired) electrons. The van der Waals surface area contributed by atoms with Gasteiger partial charge in [0.25, 0.3) is 0 Å². The van der Waals surface area contributed by atoms with Crippen LogP contribution in [0.4, 0.5) is 4.39 Å². The third kappa shape index (κ3) is 4.99. The van der Waals surface area contributed by atoms with E-state index in [1.54, 1.807) is 13.0 Å². The first-order valence-corrected chi connectivity index (χ1v) is 10.9. The van der Waals surface area contributed by atoms with Gasteiger partial charge in [-0.3, -0.25) is 9.59 Å². The molecule has 32 heavy (non-hydrogen) atoms. The van der Waals surface area contributed by atoms with Gasteiger partial charge in [-0.05, 0) is 55.5 Å². The van der Waals surface area contributed by atoms with Gasteiger partial charge in [0.05, 0.1) is 13.2 Å². The van der Waals surface area contributed by atoms with Gasteiger partial charge in [0.15, 0.2) is 0 Å². The highest BCUT2D eigenvalue weighted by atomic mass is 19.1. The first kappa shape index (κ1) is 22.0. The fourth-order valence-electron chi connectivity index (χ4n) is 4.33. The first-order valence-electron chi connectivity index (χ1n) is 10.9. The monoisotopic (exact) mass is 438 g/mol. The van der Waals surface area contributed by atoms with Crippen molar-refractivity contribution in [1.29, 1.82) is 0 Å². The van der Waals surface area contributed by atoms with Crippen molar-refractivity contribution in [2.75, 3.05) is 13.2 Å². The Morgan fingerprint density at radius 3 is 2.72 bits per heavy atom. The summed E-state index contributed by atoms with van der Waals surface area (Å²) in [6.07, 6.45) is 2.18. The van der Waals surface area contributed by atoms with E-state index in [1.807, 2.05) is 34.9 Å². The summed E-state index contributed by atoms with van der Waals surface area (Å²) in [4.78, 5) is 24.3. The van der Waals surface area contributed by atoms with E-state index in [-0.39, 0.29) is 43.5 Å². The van der Waals surface area contributed by atoms with E-state index in [9.17, 15) is 14.0 Å². The maximum atomic E-state index is 14.0. The molecule has 0 fully saturated rings. The number of ether oxygens (including phenoxy) is 2. The second-order valence-electron chi connectivity index (χ2n) is 7.94. The van der Waals surface area contributed by atoms with Crippen LogP contribution in [0.5, 0.6) is 0 Å². The predicted molar refractivity (Wildman–Crippen MR) is 119 cm³/mol. The SMILES string of the molecule is CCOC(=O)Cn1c2c(c3cc(F)ccc31)C[C@@H](NCC(=O)OCc1ccccc1)CC2. The van der Waals surface area contributed by atoms with E-state index in [0.29, 0.717) is 13.0 Å². The number of halogens is 1. The van der Waals surface area contributed by atoms with Crippen molar-refractivity contribution in [3.05, 3.63) is 71.2 Å². The molecule has 1 N–H and O–H groups in total. The number of nitrogens with one attached hydrogen (secondary N) is 1. The number of hydrogen-bond donors (Lipinski definition) is 1. The van der Waals surface area contributed by atoms with Crippen LogP contribution in [0, 0.1) is 5.82 Å². The van der Waals surface area contributed by atoms with E-state index in [1.165, 1.54) is 12.1 Å². The topological polar surface area (TPSA) is 69.6 Å². The number of esters is 2. The van der Waals surface area contributed by atoms with Crippen LogP contribution in [0.15, 0.2) is 48.5 Å². The number of carbonyl (C=O) groups excluding carboxylic acids is 2. The Morgan fingerprint density at radius 2 is 1.94 bits per heavy atom. The lowest BCUT2D eigenvalue weighted by atomic mass is 9.91. The zero-order valence-corrected chi connectivity index (χ0v) is 18.1. The van der Waals surface area contributed by atoms with Crippen LogP contribution < -0.4 is 5.32 Å². The van der Waals surface area contributed by atoms with E-state index >= 15 is 0 Å². The van der Waals surface area contributed by atoms with E-state index < -0.39 is 0 Å². The maximum absolute atomic E-state index is 14.0. The van der Waals surface area contributed by atoms with Crippen molar-refractivity contribution in [3.63, 3.8) is 0 Å². The number of benzene rings is 2. The van der Waals surface area contributed by atoms with Crippen LogP contribution in [0.2, 0.25) is 0 Å². The number of nitrogens with zero attached hydrogens (tertiary/aromatic N) is 1. The summed E-state index contributed by atoms with van der Waals surface area (Å²) in [5, 5.41) is 4.09. The second kappa shape index (κ2) is 9.96. The van der Waals surface area contributed by atoms with Crippen molar-refractivity contribution < 1.29 is 23.5 Å². The predicted octanol–water partition coefficient (Wildman–Crippen LogP) is 3.53. The third-order valence-corrected chi connectivity index (χ3v) is 5.80. The minimum Gasteiger partial charge on any atom is -0.465 e. The Bertz CT molecular complexity index is 1110. The van der Waals surface area contributed by atoms with E-state index in [0.717, 1.165) is 40.6 Å². The minimum absolute atomic E-state index is 0.0664. The molecule has 0 amide bonds. The van der Waals surface area contributed by atoms with Crippen LogP contribution >= 0.6 is 0 Å². The Balaban J connectivity index is 1.43. The molecule has 1 heterocycles. The Hall–Kier alpha value is -3.19. The lowest BCUT2D eigenvalue weighted by Crippen LogP contribution is -2.38. The molecule has 0 aliphatic heterocycles. The van der Waals surface area contributed by atoms with Gasteiger partial charge in [-0.1, -0.05) is 30.3 Å². The Morgan fingerprint density at radius 1 is 1.12 bits per heavy atom. The minimum atomic E-state index is -0.312. The largest absolute Gasteiger partial charge is 0.465 e. The van der Waals surface area contributed by atoms with Crippen molar-refractivity contribution in [1.82, 2.24) is 9.88 Å². The van der Waals surface area contributed by atoms with Crippen LogP contribution in [0.1, 0.15) is 30.2 Å². The first-order chi connectivity index (χ1) is 15.5. The van der Waals surface area contributed by atoms with Gasteiger partial charge in [0, 0.05) is 22.6 Å². The van der Waals surface area contributed by atoms with Gasteiger partial charge in [0.1, 0.15) is 19.0 Å². The van der Waals surface area contributed by atoms with Crippen LogP contribution in [0.25, 0.3) is 10.9 Å².